The van der Waals surface area contributed by atoms with E-state index in [9.17, 15) is 5.11 Å². The number of methoxy groups -OCH3 is 1. The fraction of sp³-hybridized carbons (Fsp3) is 0.647. The SMILES string of the molecule is COc1cc(CNCCC(O)C(C)C)c2c(c1)CC(C)O2. The highest BCUT2D eigenvalue weighted by atomic mass is 16.5. The number of ether oxygens (including phenoxy) is 2. The third-order valence-corrected chi connectivity index (χ3v) is 3.98. The number of hydrogen-bond acceptors (Lipinski definition) is 4. The van der Waals surface area contributed by atoms with Gasteiger partial charge in [0.1, 0.15) is 17.6 Å². The van der Waals surface area contributed by atoms with Gasteiger partial charge in [-0.1, -0.05) is 13.8 Å². The standard InChI is InChI=1S/C17H27NO3/c1-11(2)16(19)5-6-18-10-14-9-15(20-4)8-13-7-12(3)21-17(13)14/h8-9,11-12,16,18-19H,5-7,10H2,1-4H3. The van der Waals surface area contributed by atoms with Crippen molar-refractivity contribution in [1.29, 1.82) is 0 Å². The lowest BCUT2D eigenvalue weighted by Gasteiger charge is -2.15. The van der Waals surface area contributed by atoms with Gasteiger partial charge in [0.25, 0.3) is 0 Å². The summed E-state index contributed by atoms with van der Waals surface area (Å²) < 4.78 is 11.3. The molecule has 2 rings (SSSR count). The van der Waals surface area contributed by atoms with Gasteiger partial charge in [-0.2, -0.15) is 0 Å². The van der Waals surface area contributed by atoms with Crippen LogP contribution in [0, 0.1) is 5.92 Å². The smallest absolute Gasteiger partial charge is 0.127 e. The molecule has 0 fully saturated rings. The first kappa shape index (κ1) is 16.1. The van der Waals surface area contributed by atoms with Gasteiger partial charge in [-0.05, 0) is 37.9 Å². The molecule has 2 N–H and O–H groups in total. The van der Waals surface area contributed by atoms with Crippen LogP contribution >= 0.6 is 0 Å². The Morgan fingerprint density at radius 2 is 2.19 bits per heavy atom. The third-order valence-electron chi connectivity index (χ3n) is 3.98. The lowest BCUT2D eigenvalue weighted by molar-refractivity contribution is 0.116. The van der Waals surface area contributed by atoms with Crippen LogP contribution in [0.3, 0.4) is 0 Å². The second kappa shape index (κ2) is 7.14. The number of aliphatic hydroxyl groups is 1. The highest BCUT2D eigenvalue weighted by molar-refractivity contribution is 5.49. The summed E-state index contributed by atoms with van der Waals surface area (Å²) in [6, 6.07) is 4.09. The predicted octanol–water partition coefficient (Wildman–Crippen LogP) is 2.52. The van der Waals surface area contributed by atoms with E-state index in [-0.39, 0.29) is 12.2 Å². The van der Waals surface area contributed by atoms with Gasteiger partial charge in [-0.15, -0.1) is 0 Å². The van der Waals surface area contributed by atoms with Crippen molar-refractivity contribution in [2.24, 2.45) is 5.92 Å². The summed E-state index contributed by atoms with van der Waals surface area (Å²) in [6.07, 6.45) is 1.69. The summed E-state index contributed by atoms with van der Waals surface area (Å²) in [5, 5.41) is 13.2. The molecule has 1 heterocycles. The highest BCUT2D eigenvalue weighted by Gasteiger charge is 2.23. The van der Waals surface area contributed by atoms with Gasteiger partial charge < -0.3 is 19.9 Å². The van der Waals surface area contributed by atoms with Crippen molar-refractivity contribution in [2.45, 2.75) is 52.4 Å². The Bertz CT molecular complexity index is 473. The molecule has 0 saturated carbocycles. The summed E-state index contributed by atoms with van der Waals surface area (Å²) in [6.45, 7) is 7.68. The van der Waals surface area contributed by atoms with Crippen molar-refractivity contribution in [1.82, 2.24) is 5.32 Å². The molecule has 4 nitrogen and oxygen atoms in total. The zero-order valence-electron chi connectivity index (χ0n) is 13.5. The maximum Gasteiger partial charge on any atom is 0.127 e. The van der Waals surface area contributed by atoms with Gasteiger partial charge in [0.05, 0.1) is 13.2 Å². The Morgan fingerprint density at radius 1 is 1.43 bits per heavy atom. The van der Waals surface area contributed by atoms with E-state index in [1.165, 1.54) is 5.56 Å². The molecular weight excluding hydrogens is 266 g/mol. The molecule has 0 radical (unpaired) electrons. The van der Waals surface area contributed by atoms with Crippen molar-refractivity contribution < 1.29 is 14.6 Å². The van der Waals surface area contributed by atoms with E-state index >= 15 is 0 Å². The lowest BCUT2D eigenvalue weighted by atomic mass is 10.0. The first-order chi connectivity index (χ1) is 10.0. The molecule has 4 heteroatoms. The molecule has 0 aromatic heterocycles. The Kier molecular flexibility index (Phi) is 5.48. The molecule has 1 aromatic rings. The number of nitrogens with one attached hydrogen (secondary N) is 1. The molecule has 21 heavy (non-hydrogen) atoms. The zero-order chi connectivity index (χ0) is 15.4. The maximum atomic E-state index is 9.81. The molecule has 0 amide bonds. The van der Waals surface area contributed by atoms with Crippen LogP contribution in [0.2, 0.25) is 0 Å². The summed E-state index contributed by atoms with van der Waals surface area (Å²) >= 11 is 0. The Labute approximate surface area is 127 Å². The highest BCUT2D eigenvalue weighted by Crippen LogP contribution is 2.36. The molecule has 1 aliphatic heterocycles. The summed E-state index contributed by atoms with van der Waals surface area (Å²) in [5.74, 6) is 2.18. The minimum atomic E-state index is -0.246. The first-order valence-electron chi connectivity index (χ1n) is 7.76. The molecular formula is C17H27NO3. The van der Waals surface area contributed by atoms with Gasteiger partial charge in [-0.25, -0.2) is 0 Å². The molecule has 1 aliphatic rings. The van der Waals surface area contributed by atoms with Gasteiger partial charge in [-0.3, -0.25) is 0 Å². The number of aliphatic hydroxyl groups excluding tert-OH is 1. The zero-order valence-corrected chi connectivity index (χ0v) is 13.5. The van der Waals surface area contributed by atoms with Gasteiger partial charge in [0.15, 0.2) is 0 Å². The first-order valence-corrected chi connectivity index (χ1v) is 7.76. The topological polar surface area (TPSA) is 50.7 Å². The van der Waals surface area contributed by atoms with Crippen LogP contribution in [0.1, 0.15) is 38.3 Å². The minimum absolute atomic E-state index is 0.230. The van der Waals surface area contributed by atoms with E-state index in [1.54, 1.807) is 7.11 Å². The maximum absolute atomic E-state index is 9.81. The van der Waals surface area contributed by atoms with Crippen molar-refractivity contribution in [3.05, 3.63) is 23.3 Å². The van der Waals surface area contributed by atoms with Crippen LogP contribution in [-0.4, -0.2) is 31.0 Å². The van der Waals surface area contributed by atoms with E-state index in [0.29, 0.717) is 5.92 Å². The summed E-state index contributed by atoms with van der Waals surface area (Å²) in [5.41, 5.74) is 2.36. The van der Waals surface area contributed by atoms with Crippen LogP contribution in [0.4, 0.5) is 0 Å². The van der Waals surface area contributed by atoms with Crippen LogP contribution < -0.4 is 14.8 Å². The average Bonchev–Trinajstić information content (AvgIpc) is 2.82. The second-order valence-electron chi connectivity index (χ2n) is 6.18. The predicted molar refractivity (Wildman–Crippen MR) is 84.0 cm³/mol. The fourth-order valence-electron chi connectivity index (χ4n) is 2.63. The monoisotopic (exact) mass is 293 g/mol. The van der Waals surface area contributed by atoms with E-state index in [2.05, 4.69) is 18.3 Å². The molecule has 1 aromatic carbocycles. The van der Waals surface area contributed by atoms with Crippen LogP contribution in [0.15, 0.2) is 12.1 Å². The number of fused-ring (bicyclic) bond motifs is 1. The van der Waals surface area contributed by atoms with Crippen LogP contribution in [0.25, 0.3) is 0 Å². The second-order valence-corrected chi connectivity index (χ2v) is 6.18. The lowest BCUT2D eigenvalue weighted by Crippen LogP contribution is -2.23. The van der Waals surface area contributed by atoms with Crippen LogP contribution in [-0.2, 0) is 13.0 Å². The van der Waals surface area contributed by atoms with Crippen molar-refractivity contribution in [2.75, 3.05) is 13.7 Å². The van der Waals surface area contributed by atoms with Crippen molar-refractivity contribution in [3.63, 3.8) is 0 Å². The molecule has 0 aliphatic carbocycles. The Balaban J connectivity index is 1.95. The van der Waals surface area contributed by atoms with Gasteiger partial charge >= 0.3 is 0 Å². The Morgan fingerprint density at radius 3 is 2.86 bits per heavy atom. The largest absolute Gasteiger partial charge is 0.497 e. The summed E-state index contributed by atoms with van der Waals surface area (Å²) in [7, 11) is 1.69. The normalized spacial score (nSPS) is 18.5. The average molecular weight is 293 g/mol. The van der Waals surface area contributed by atoms with E-state index in [0.717, 1.165) is 43.0 Å². The van der Waals surface area contributed by atoms with Gasteiger partial charge in [0, 0.05) is 24.1 Å². The van der Waals surface area contributed by atoms with Crippen molar-refractivity contribution in [3.8, 4) is 11.5 Å². The third kappa shape index (κ3) is 4.11. The van der Waals surface area contributed by atoms with Crippen LogP contribution in [0.5, 0.6) is 11.5 Å². The number of hydrogen-bond donors (Lipinski definition) is 2. The Hall–Kier alpha value is -1.26. The van der Waals surface area contributed by atoms with E-state index < -0.39 is 0 Å². The van der Waals surface area contributed by atoms with Crippen molar-refractivity contribution >= 4 is 0 Å². The summed E-state index contributed by atoms with van der Waals surface area (Å²) in [4.78, 5) is 0. The molecule has 118 valence electrons. The van der Waals surface area contributed by atoms with E-state index in [1.807, 2.05) is 19.9 Å². The molecule has 2 unspecified atom stereocenters. The van der Waals surface area contributed by atoms with Gasteiger partial charge in [0.2, 0.25) is 0 Å². The minimum Gasteiger partial charge on any atom is -0.497 e. The number of benzene rings is 1. The molecule has 0 bridgehead atoms. The molecule has 0 spiro atoms. The number of rotatable bonds is 7. The molecule has 2 atom stereocenters. The van der Waals surface area contributed by atoms with E-state index in [4.69, 9.17) is 9.47 Å². The quantitative estimate of drug-likeness (QED) is 0.759. The molecule has 0 saturated heterocycles. The fourth-order valence-corrected chi connectivity index (χ4v) is 2.63.